The first kappa shape index (κ1) is 13.0. The highest BCUT2D eigenvalue weighted by Crippen LogP contribution is 2.22. The Bertz CT molecular complexity index is 107. The molecule has 0 aromatic rings. The molecule has 0 aliphatic carbocycles. The first-order chi connectivity index (χ1) is 5.99. The molecule has 0 spiro atoms. The average Bonchev–Trinajstić information content (AvgIpc) is 2.00. The van der Waals surface area contributed by atoms with Gasteiger partial charge in [-0.15, -0.1) is 0 Å². The predicted octanol–water partition coefficient (Wildman–Crippen LogP) is 3.59. The molecule has 80 valence electrons. The summed E-state index contributed by atoms with van der Waals surface area (Å²) in [4.78, 5) is 0. The molecular weight excluding hydrogens is 158 g/mol. The van der Waals surface area contributed by atoms with Gasteiger partial charge < -0.3 is 5.32 Å². The molecule has 0 saturated carbocycles. The summed E-state index contributed by atoms with van der Waals surface area (Å²) in [6.45, 7) is 12.5. The van der Waals surface area contributed by atoms with Crippen molar-refractivity contribution in [3.63, 3.8) is 0 Å². The van der Waals surface area contributed by atoms with Crippen LogP contribution in [0.15, 0.2) is 0 Å². The highest BCUT2D eigenvalue weighted by Gasteiger charge is 2.13. The Morgan fingerprint density at radius 1 is 1.08 bits per heavy atom. The zero-order chi connectivity index (χ0) is 10.3. The van der Waals surface area contributed by atoms with E-state index in [1.165, 1.54) is 25.7 Å². The number of rotatable bonds is 6. The molecule has 0 heterocycles. The summed E-state index contributed by atoms with van der Waals surface area (Å²) in [6.07, 6.45) is 5.27. The largest absolute Gasteiger partial charge is 0.314 e. The number of hydrogen-bond acceptors (Lipinski definition) is 1. The van der Waals surface area contributed by atoms with E-state index in [4.69, 9.17) is 0 Å². The van der Waals surface area contributed by atoms with E-state index in [-0.39, 0.29) is 0 Å². The van der Waals surface area contributed by atoms with Crippen LogP contribution < -0.4 is 5.32 Å². The maximum atomic E-state index is 3.56. The fraction of sp³-hybridized carbons (Fsp3) is 1.00. The molecule has 1 unspecified atom stereocenters. The SMILES string of the molecule is CCCC(CCC(C)(C)C)NCC. The Balaban J connectivity index is 3.68. The van der Waals surface area contributed by atoms with Gasteiger partial charge in [0.1, 0.15) is 0 Å². The lowest BCUT2D eigenvalue weighted by atomic mass is 9.88. The summed E-state index contributed by atoms with van der Waals surface area (Å²) in [7, 11) is 0. The molecule has 0 rings (SSSR count). The van der Waals surface area contributed by atoms with Gasteiger partial charge in [-0.3, -0.25) is 0 Å². The molecule has 1 N–H and O–H groups in total. The smallest absolute Gasteiger partial charge is 0.00670 e. The Hall–Kier alpha value is -0.0400. The summed E-state index contributed by atoms with van der Waals surface area (Å²) in [5.41, 5.74) is 0.488. The molecule has 1 heteroatoms. The van der Waals surface area contributed by atoms with Crippen LogP contribution in [0.2, 0.25) is 0 Å². The zero-order valence-corrected chi connectivity index (χ0v) is 10.1. The van der Waals surface area contributed by atoms with Gasteiger partial charge in [0.05, 0.1) is 0 Å². The van der Waals surface area contributed by atoms with Crippen molar-refractivity contribution < 1.29 is 0 Å². The molecule has 1 atom stereocenters. The van der Waals surface area contributed by atoms with Gasteiger partial charge in [0, 0.05) is 6.04 Å². The lowest BCUT2D eigenvalue weighted by Crippen LogP contribution is -2.29. The third kappa shape index (κ3) is 8.29. The quantitative estimate of drug-likeness (QED) is 0.667. The van der Waals surface area contributed by atoms with E-state index in [0.717, 1.165) is 12.6 Å². The van der Waals surface area contributed by atoms with E-state index in [2.05, 4.69) is 39.9 Å². The summed E-state index contributed by atoms with van der Waals surface area (Å²) >= 11 is 0. The molecule has 0 amide bonds. The first-order valence-corrected chi connectivity index (χ1v) is 5.73. The molecule has 0 saturated heterocycles. The van der Waals surface area contributed by atoms with Gasteiger partial charge in [-0.25, -0.2) is 0 Å². The molecule has 0 aromatic carbocycles. The molecule has 0 radical (unpaired) electrons. The molecule has 13 heavy (non-hydrogen) atoms. The summed E-state index contributed by atoms with van der Waals surface area (Å²) < 4.78 is 0. The normalized spacial score (nSPS) is 14.5. The Morgan fingerprint density at radius 3 is 2.08 bits per heavy atom. The molecule has 0 aromatic heterocycles. The predicted molar refractivity (Wildman–Crippen MR) is 61.1 cm³/mol. The maximum Gasteiger partial charge on any atom is 0.00670 e. The highest BCUT2D eigenvalue weighted by atomic mass is 14.9. The minimum Gasteiger partial charge on any atom is -0.314 e. The van der Waals surface area contributed by atoms with Crippen LogP contribution in [-0.4, -0.2) is 12.6 Å². The van der Waals surface area contributed by atoms with Crippen molar-refractivity contribution in [2.45, 2.75) is 66.3 Å². The molecule has 0 aliphatic heterocycles. The van der Waals surface area contributed by atoms with Crippen molar-refractivity contribution in [3.05, 3.63) is 0 Å². The van der Waals surface area contributed by atoms with Gasteiger partial charge in [-0.2, -0.15) is 0 Å². The van der Waals surface area contributed by atoms with Gasteiger partial charge in [-0.05, 0) is 31.2 Å². The van der Waals surface area contributed by atoms with Crippen molar-refractivity contribution in [2.75, 3.05) is 6.54 Å². The van der Waals surface area contributed by atoms with Crippen LogP contribution in [0, 0.1) is 5.41 Å². The number of nitrogens with one attached hydrogen (secondary N) is 1. The van der Waals surface area contributed by atoms with Crippen LogP contribution in [0.5, 0.6) is 0 Å². The monoisotopic (exact) mass is 185 g/mol. The second kappa shape index (κ2) is 6.42. The van der Waals surface area contributed by atoms with Gasteiger partial charge in [-0.1, -0.05) is 41.0 Å². The van der Waals surface area contributed by atoms with E-state index in [9.17, 15) is 0 Å². The molecule has 0 aliphatic rings. The summed E-state index contributed by atoms with van der Waals surface area (Å²) in [5, 5.41) is 3.56. The van der Waals surface area contributed by atoms with E-state index < -0.39 is 0 Å². The minimum absolute atomic E-state index is 0.488. The van der Waals surface area contributed by atoms with Crippen LogP contribution in [-0.2, 0) is 0 Å². The highest BCUT2D eigenvalue weighted by molar-refractivity contribution is 4.70. The molecular formula is C12H27N. The first-order valence-electron chi connectivity index (χ1n) is 5.73. The fourth-order valence-corrected chi connectivity index (χ4v) is 1.59. The van der Waals surface area contributed by atoms with Crippen LogP contribution in [0.1, 0.15) is 60.3 Å². The van der Waals surface area contributed by atoms with E-state index in [0.29, 0.717) is 5.41 Å². The third-order valence-electron chi connectivity index (χ3n) is 2.37. The van der Waals surface area contributed by atoms with Crippen molar-refractivity contribution in [3.8, 4) is 0 Å². The third-order valence-corrected chi connectivity index (χ3v) is 2.37. The molecule has 1 nitrogen and oxygen atoms in total. The van der Waals surface area contributed by atoms with Gasteiger partial charge in [0.2, 0.25) is 0 Å². The minimum atomic E-state index is 0.488. The van der Waals surface area contributed by atoms with Crippen LogP contribution in [0.4, 0.5) is 0 Å². The van der Waals surface area contributed by atoms with E-state index in [1.807, 2.05) is 0 Å². The lowest BCUT2D eigenvalue weighted by Gasteiger charge is -2.23. The van der Waals surface area contributed by atoms with Crippen molar-refractivity contribution in [2.24, 2.45) is 5.41 Å². The van der Waals surface area contributed by atoms with E-state index in [1.54, 1.807) is 0 Å². The Kier molecular flexibility index (Phi) is 6.40. The van der Waals surface area contributed by atoms with Crippen LogP contribution in [0.25, 0.3) is 0 Å². The van der Waals surface area contributed by atoms with Crippen LogP contribution >= 0.6 is 0 Å². The standard InChI is InChI=1S/C12H27N/c1-6-8-11(13-7-2)9-10-12(3,4)5/h11,13H,6-10H2,1-5H3. The molecule has 0 bridgehead atoms. The van der Waals surface area contributed by atoms with Crippen molar-refractivity contribution in [1.29, 1.82) is 0 Å². The summed E-state index contributed by atoms with van der Waals surface area (Å²) in [5.74, 6) is 0. The fourth-order valence-electron chi connectivity index (χ4n) is 1.59. The van der Waals surface area contributed by atoms with Crippen molar-refractivity contribution >= 4 is 0 Å². The maximum absolute atomic E-state index is 3.56. The lowest BCUT2D eigenvalue weighted by molar-refractivity contribution is 0.323. The van der Waals surface area contributed by atoms with Gasteiger partial charge in [0.25, 0.3) is 0 Å². The van der Waals surface area contributed by atoms with E-state index >= 15 is 0 Å². The van der Waals surface area contributed by atoms with Crippen molar-refractivity contribution in [1.82, 2.24) is 5.32 Å². The average molecular weight is 185 g/mol. The Morgan fingerprint density at radius 2 is 1.69 bits per heavy atom. The Labute approximate surface area is 84.3 Å². The second-order valence-electron chi connectivity index (χ2n) is 5.14. The van der Waals surface area contributed by atoms with Gasteiger partial charge >= 0.3 is 0 Å². The topological polar surface area (TPSA) is 12.0 Å². The zero-order valence-electron chi connectivity index (χ0n) is 10.1. The molecule has 0 fully saturated rings. The van der Waals surface area contributed by atoms with Gasteiger partial charge in [0.15, 0.2) is 0 Å². The number of hydrogen-bond donors (Lipinski definition) is 1. The second-order valence-corrected chi connectivity index (χ2v) is 5.14. The summed E-state index contributed by atoms with van der Waals surface area (Å²) in [6, 6.07) is 0.745. The van der Waals surface area contributed by atoms with Crippen LogP contribution in [0.3, 0.4) is 0 Å².